The molecule has 0 aliphatic heterocycles. The Labute approximate surface area is 81.5 Å². The third-order valence-electron chi connectivity index (χ3n) is 1.57. The Bertz CT molecular complexity index is 356. The molecule has 68 valence electrons. The maximum Gasteiger partial charge on any atom is 0.331 e. The molecule has 1 aromatic carbocycles. The van der Waals surface area contributed by atoms with Crippen LogP contribution in [0.5, 0.6) is 0 Å². The van der Waals surface area contributed by atoms with E-state index in [4.69, 9.17) is 16.7 Å². The topological polar surface area (TPSA) is 37.3 Å². The zero-order chi connectivity index (χ0) is 9.84. The summed E-state index contributed by atoms with van der Waals surface area (Å²) in [7, 11) is 0. The van der Waals surface area contributed by atoms with E-state index < -0.39 is 5.97 Å². The van der Waals surface area contributed by atoms with Crippen molar-refractivity contribution in [3.63, 3.8) is 0 Å². The average Bonchev–Trinajstić information content (AvgIpc) is 2.04. The smallest absolute Gasteiger partial charge is 0.331 e. The lowest BCUT2D eigenvalue weighted by Crippen LogP contribution is -1.95. The van der Waals surface area contributed by atoms with Gasteiger partial charge in [-0.1, -0.05) is 23.7 Å². The minimum atomic E-state index is -0.917. The van der Waals surface area contributed by atoms with E-state index >= 15 is 0 Å². The van der Waals surface area contributed by atoms with Gasteiger partial charge in [0.05, 0.1) is 0 Å². The second-order valence-corrected chi connectivity index (χ2v) is 3.12. The van der Waals surface area contributed by atoms with Gasteiger partial charge >= 0.3 is 5.97 Å². The van der Waals surface area contributed by atoms with Crippen LogP contribution in [0.15, 0.2) is 29.8 Å². The number of hydrogen-bond acceptors (Lipinski definition) is 1. The second kappa shape index (κ2) is 4.10. The van der Waals surface area contributed by atoms with Crippen LogP contribution in [-0.4, -0.2) is 11.1 Å². The van der Waals surface area contributed by atoms with Crippen LogP contribution in [0.4, 0.5) is 0 Å². The van der Waals surface area contributed by atoms with Gasteiger partial charge in [0.15, 0.2) is 0 Å². The fraction of sp³-hybridized carbons (Fsp3) is 0.100. The van der Waals surface area contributed by atoms with E-state index in [1.54, 1.807) is 37.3 Å². The number of carboxylic acids is 1. The summed E-state index contributed by atoms with van der Waals surface area (Å²) in [6, 6.07) is 7.05. The summed E-state index contributed by atoms with van der Waals surface area (Å²) in [5, 5.41) is 9.21. The van der Waals surface area contributed by atoms with E-state index in [1.165, 1.54) is 0 Å². The highest BCUT2D eigenvalue weighted by molar-refractivity contribution is 6.30. The lowest BCUT2D eigenvalue weighted by atomic mass is 10.1. The number of aliphatic carboxylic acids is 1. The summed E-state index contributed by atoms with van der Waals surface area (Å²) in [5.41, 5.74) is 1.09. The predicted octanol–water partition coefficient (Wildman–Crippen LogP) is 2.83. The summed E-state index contributed by atoms with van der Waals surface area (Å²) in [4.78, 5) is 10.5. The van der Waals surface area contributed by atoms with E-state index in [0.29, 0.717) is 10.6 Å². The van der Waals surface area contributed by atoms with Crippen LogP contribution in [0.2, 0.25) is 5.02 Å². The first-order valence-corrected chi connectivity index (χ1v) is 4.14. The van der Waals surface area contributed by atoms with Crippen molar-refractivity contribution >= 4 is 23.6 Å². The number of hydrogen-bond donors (Lipinski definition) is 1. The molecule has 2 nitrogen and oxygen atoms in total. The normalized spacial score (nSPS) is 11.4. The number of carbonyl (C=O) groups is 1. The van der Waals surface area contributed by atoms with Gasteiger partial charge in [0, 0.05) is 10.6 Å². The zero-order valence-electron chi connectivity index (χ0n) is 7.12. The monoisotopic (exact) mass is 196 g/mol. The van der Waals surface area contributed by atoms with E-state index in [1.807, 2.05) is 0 Å². The van der Waals surface area contributed by atoms with Crippen LogP contribution in [0.1, 0.15) is 12.5 Å². The van der Waals surface area contributed by atoms with Gasteiger partial charge in [0.2, 0.25) is 0 Å². The van der Waals surface area contributed by atoms with E-state index in [9.17, 15) is 4.79 Å². The zero-order valence-corrected chi connectivity index (χ0v) is 7.88. The first-order valence-electron chi connectivity index (χ1n) is 3.77. The molecule has 1 N–H and O–H groups in total. The molecule has 0 spiro atoms. The quantitative estimate of drug-likeness (QED) is 0.739. The van der Waals surface area contributed by atoms with Crippen molar-refractivity contribution in [1.29, 1.82) is 0 Å². The highest BCUT2D eigenvalue weighted by Crippen LogP contribution is 2.13. The molecule has 0 bridgehead atoms. The molecule has 0 heterocycles. The molecule has 0 saturated heterocycles. The Hall–Kier alpha value is -1.28. The van der Waals surface area contributed by atoms with Crippen LogP contribution < -0.4 is 0 Å². The highest BCUT2D eigenvalue weighted by Gasteiger charge is 1.99. The van der Waals surface area contributed by atoms with Crippen molar-refractivity contribution in [2.75, 3.05) is 0 Å². The molecule has 0 amide bonds. The molecule has 0 atom stereocenters. The molecule has 0 radical (unpaired) electrons. The molecular formula is C10H9ClO2. The molecule has 0 aliphatic rings. The molecule has 1 aromatic rings. The van der Waals surface area contributed by atoms with Gasteiger partial charge in [-0.15, -0.1) is 0 Å². The summed E-state index contributed by atoms with van der Waals surface area (Å²) in [6.07, 6.45) is 1.58. The largest absolute Gasteiger partial charge is 0.478 e. The van der Waals surface area contributed by atoms with Crippen LogP contribution in [0.3, 0.4) is 0 Å². The molecule has 0 aromatic heterocycles. The third-order valence-corrected chi connectivity index (χ3v) is 1.80. The Kier molecular flexibility index (Phi) is 3.09. The summed E-state index contributed by atoms with van der Waals surface area (Å²) >= 11 is 5.73. The standard InChI is InChI=1S/C10H9ClO2/c1-7(10(12)13)5-8-3-2-4-9(11)6-8/h2-6H,1H3,(H,12,13)/b7-5-. The summed E-state index contributed by atoms with van der Waals surface area (Å²) < 4.78 is 0. The van der Waals surface area contributed by atoms with Crippen molar-refractivity contribution in [1.82, 2.24) is 0 Å². The van der Waals surface area contributed by atoms with Gasteiger partial charge in [-0.25, -0.2) is 4.79 Å². The van der Waals surface area contributed by atoms with Crippen LogP contribution in [0.25, 0.3) is 6.08 Å². The number of benzene rings is 1. The summed E-state index contributed by atoms with van der Waals surface area (Å²) in [5.74, 6) is -0.917. The molecule has 0 unspecified atom stereocenters. The van der Waals surface area contributed by atoms with Crippen molar-refractivity contribution in [2.45, 2.75) is 6.92 Å². The first-order chi connectivity index (χ1) is 6.09. The van der Waals surface area contributed by atoms with Gasteiger partial charge < -0.3 is 5.11 Å². The Balaban J connectivity index is 2.97. The fourth-order valence-electron chi connectivity index (χ4n) is 0.908. The average molecular weight is 197 g/mol. The molecule has 1 rings (SSSR count). The highest BCUT2D eigenvalue weighted by atomic mass is 35.5. The van der Waals surface area contributed by atoms with Crippen LogP contribution in [-0.2, 0) is 4.79 Å². The van der Waals surface area contributed by atoms with Gasteiger partial charge in [-0.2, -0.15) is 0 Å². The first kappa shape index (κ1) is 9.81. The van der Waals surface area contributed by atoms with E-state index in [2.05, 4.69) is 0 Å². The predicted molar refractivity (Wildman–Crippen MR) is 52.7 cm³/mol. The van der Waals surface area contributed by atoms with Gasteiger partial charge in [-0.05, 0) is 30.7 Å². The second-order valence-electron chi connectivity index (χ2n) is 2.69. The molecule has 13 heavy (non-hydrogen) atoms. The fourth-order valence-corrected chi connectivity index (χ4v) is 1.11. The van der Waals surface area contributed by atoms with E-state index in [-0.39, 0.29) is 0 Å². The van der Waals surface area contributed by atoms with Crippen LogP contribution >= 0.6 is 11.6 Å². The lowest BCUT2D eigenvalue weighted by Gasteiger charge is -1.95. The lowest BCUT2D eigenvalue weighted by molar-refractivity contribution is -0.132. The van der Waals surface area contributed by atoms with Crippen molar-refractivity contribution in [3.05, 3.63) is 40.4 Å². The Morgan fingerprint density at radius 1 is 1.54 bits per heavy atom. The SMILES string of the molecule is C/C(=C/c1cccc(Cl)c1)C(=O)O. The van der Waals surface area contributed by atoms with Gasteiger partial charge in [0.25, 0.3) is 0 Å². The van der Waals surface area contributed by atoms with Crippen LogP contribution in [0, 0.1) is 0 Å². The molecular weight excluding hydrogens is 188 g/mol. The molecule has 3 heteroatoms. The maximum atomic E-state index is 10.5. The number of rotatable bonds is 2. The Morgan fingerprint density at radius 3 is 2.77 bits per heavy atom. The minimum Gasteiger partial charge on any atom is -0.478 e. The van der Waals surface area contributed by atoms with Crippen molar-refractivity contribution < 1.29 is 9.90 Å². The Morgan fingerprint density at radius 2 is 2.23 bits per heavy atom. The van der Waals surface area contributed by atoms with Gasteiger partial charge in [-0.3, -0.25) is 0 Å². The van der Waals surface area contributed by atoms with Gasteiger partial charge in [0.1, 0.15) is 0 Å². The number of carboxylic acid groups (broad SMARTS) is 1. The summed E-state index contributed by atoms with van der Waals surface area (Å²) in [6.45, 7) is 1.54. The third kappa shape index (κ3) is 2.92. The number of halogens is 1. The molecule has 0 saturated carbocycles. The molecule has 0 aliphatic carbocycles. The van der Waals surface area contributed by atoms with Crippen molar-refractivity contribution in [3.8, 4) is 0 Å². The maximum absolute atomic E-state index is 10.5. The van der Waals surface area contributed by atoms with E-state index in [0.717, 1.165) is 5.56 Å². The van der Waals surface area contributed by atoms with Crippen molar-refractivity contribution in [2.24, 2.45) is 0 Å². The molecule has 0 fully saturated rings. The minimum absolute atomic E-state index is 0.294.